The minimum atomic E-state index is -2.74. The first-order valence-electron chi connectivity index (χ1n) is 8.61. The van der Waals surface area contributed by atoms with Crippen LogP contribution < -0.4 is 5.73 Å². The van der Waals surface area contributed by atoms with Crippen LogP contribution in [0.1, 0.15) is 41.1 Å². The fraction of sp³-hybridized carbons (Fsp3) is 0.278. The van der Waals surface area contributed by atoms with Crippen molar-refractivity contribution in [2.75, 3.05) is 18.8 Å². The van der Waals surface area contributed by atoms with E-state index in [1.807, 2.05) is 13.0 Å². The van der Waals surface area contributed by atoms with Gasteiger partial charge >= 0.3 is 0 Å². The van der Waals surface area contributed by atoms with Crippen molar-refractivity contribution in [1.82, 2.24) is 29.5 Å². The minimum absolute atomic E-state index is 0.0954. The van der Waals surface area contributed by atoms with Gasteiger partial charge in [0.25, 0.3) is 18.1 Å². The fourth-order valence-corrected chi connectivity index (χ4v) is 3.29. The summed E-state index contributed by atoms with van der Waals surface area (Å²) >= 11 is 0. The lowest BCUT2D eigenvalue weighted by Gasteiger charge is -2.32. The highest BCUT2D eigenvalue weighted by atomic mass is 19.3. The Bertz CT molecular complexity index is 1080. The molecule has 1 aliphatic heterocycles. The van der Waals surface area contributed by atoms with Gasteiger partial charge in [-0.15, -0.1) is 0 Å². The Hall–Kier alpha value is -3.43. The van der Waals surface area contributed by atoms with Gasteiger partial charge in [0.15, 0.2) is 5.69 Å². The van der Waals surface area contributed by atoms with E-state index in [0.717, 1.165) is 5.57 Å². The highest BCUT2D eigenvalue weighted by molar-refractivity contribution is 5.97. The number of halogens is 2. The molecular weight excluding hydrogens is 368 g/mol. The molecule has 28 heavy (non-hydrogen) atoms. The number of carbonyl (C=O) groups excluding carboxylic acids is 1. The Morgan fingerprint density at radius 2 is 2.18 bits per heavy atom. The zero-order valence-electron chi connectivity index (χ0n) is 15.0. The maximum Gasteiger partial charge on any atom is 0.280 e. The lowest BCUT2D eigenvalue weighted by molar-refractivity contribution is 0.0754. The van der Waals surface area contributed by atoms with E-state index in [4.69, 9.17) is 5.73 Å². The lowest BCUT2D eigenvalue weighted by Crippen LogP contribution is -2.39. The molecule has 3 aromatic rings. The van der Waals surface area contributed by atoms with Gasteiger partial charge in [0.05, 0.1) is 11.4 Å². The molecule has 2 N–H and O–H groups in total. The normalized spacial score (nSPS) is 17.2. The first kappa shape index (κ1) is 18.0. The Balaban J connectivity index is 1.73. The van der Waals surface area contributed by atoms with E-state index in [0.29, 0.717) is 12.2 Å². The molecule has 4 rings (SSSR count). The molecule has 0 aromatic carbocycles. The Labute approximate surface area is 158 Å². The second kappa shape index (κ2) is 6.95. The van der Waals surface area contributed by atoms with E-state index in [1.165, 1.54) is 23.1 Å². The smallest absolute Gasteiger partial charge is 0.280 e. The van der Waals surface area contributed by atoms with Crippen LogP contribution in [0.2, 0.25) is 0 Å². The monoisotopic (exact) mass is 385 g/mol. The summed E-state index contributed by atoms with van der Waals surface area (Å²) in [6.07, 6.45) is 1.92. The average Bonchev–Trinajstić information content (AvgIpc) is 3.16. The quantitative estimate of drug-likeness (QED) is 0.694. The first-order valence-corrected chi connectivity index (χ1v) is 8.61. The maximum atomic E-state index is 13.3. The largest absolute Gasteiger partial charge is 0.397 e. The van der Waals surface area contributed by atoms with Crippen LogP contribution in [-0.4, -0.2) is 48.5 Å². The van der Waals surface area contributed by atoms with Gasteiger partial charge in [-0.05, 0) is 25.1 Å². The summed E-state index contributed by atoms with van der Waals surface area (Å²) in [6.45, 7) is 2.55. The molecule has 10 heteroatoms. The number of carbonyl (C=O) groups is 1. The predicted molar refractivity (Wildman–Crippen MR) is 96.8 cm³/mol. The molecule has 4 heterocycles. The zero-order chi connectivity index (χ0) is 19.8. The van der Waals surface area contributed by atoms with Crippen LogP contribution in [0.3, 0.4) is 0 Å². The van der Waals surface area contributed by atoms with E-state index >= 15 is 0 Å². The molecule has 0 spiro atoms. The molecule has 1 aliphatic rings. The molecule has 0 radical (unpaired) electrons. The lowest BCUT2D eigenvalue weighted by atomic mass is 9.92. The molecular formula is C18H17F2N7O. The third-order valence-electron chi connectivity index (χ3n) is 4.79. The minimum Gasteiger partial charge on any atom is -0.397 e. The Kier molecular flexibility index (Phi) is 4.46. The number of anilines is 1. The SMILES string of the molecule is CC1=CCN(C(=O)c2ncccc2N)C[C@H]1c1cc(C(F)F)nc2ncnn12. The van der Waals surface area contributed by atoms with Crippen molar-refractivity contribution < 1.29 is 13.6 Å². The number of pyridine rings is 1. The van der Waals surface area contributed by atoms with Crippen molar-refractivity contribution in [3.05, 3.63) is 59.5 Å². The molecule has 0 unspecified atom stereocenters. The summed E-state index contributed by atoms with van der Waals surface area (Å²) in [6, 6.07) is 4.58. The number of hydrogen-bond donors (Lipinski definition) is 1. The number of nitrogens with two attached hydrogens (primary N) is 1. The summed E-state index contributed by atoms with van der Waals surface area (Å²) in [5.74, 6) is -0.560. The summed E-state index contributed by atoms with van der Waals surface area (Å²) in [5.41, 5.74) is 7.40. The number of aromatic nitrogens is 5. The molecule has 0 aliphatic carbocycles. The Morgan fingerprint density at radius 1 is 1.36 bits per heavy atom. The van der Waals surface area contributed by atoms with Gasteiger partial charge in [-0.2, -0.15) is 10.1 Å². The zero-order valence-corrected chi connectivity index (χ0v) is 15.0. The molecule has 1 atom stereocenters. The van der Waals surface area contributed by atoms with Crippen molar-refractivity contribution in [3.63, 3.8) is 0 Å². The third-order valence-corrected chi connectivity index (χ3v) is 4.79. The molecule has 8 nitrogen and oxygen atoms in total. The second-order valence-electron chi connectivity index (χ2n) is 6.53. The summed E-state index contributed by atoms with van der Waals surface area (Å²) in [5, 5.41) is 4.11. The van der Waals surface area contributed by atoms with Crippen LogP contribution in [0, 0.1) is 0 Å². The van der Waals surface area contributed by atoms with Gasteiger partial charge in [0, 0.05) is 25.2 Å². The standard InChI is InChI=1S/C18H17F2N7O/c1-10-4-6-26(17(28)15-12(21)3-2-5-22-15)8-11(10)14-7-13(16(19)20)25-18-23-9-24-27(14)18/h2-5,7,9,11,16H,6,8,21H2,1H3/t11-/m1/s1. The number of rotatable bonds is 3. The number of fused-ring (bicyclic) bond motifs is 1. The summed E-state index contributed by atoms with van der Waals surface area (Å²) < 4.78 is 28.0. The average molecular weight is 385 g/mol. The van der Waals surface area contributed by atoms with E-state index in [1.54, 1.807) is 17.0 Å². The molecule has 0 fully saturated rings. The summed E-state index contributed by atoms with van der Waals surface area (Å²) in [4.78, 5) is 26.3. The fourth-order valence-electron chi connectivity index (χ4n) is 3.29. The van der Waals surface area contributed by atoms with Gasteiger partial charge in [-0.3, -0.25) is 4.79 Å². The van der Waals surface area contributed by atoms with Crippen LogP contribution >= 0.6 is 0 Å². The van der Waals surface area contributed by atoms with Gasteiger partial charge < -0.3 is 10.6 Å². The third kappa shape index (κ3) is 3.06. The van der Waals surface area contributed by atoms with Gasteiger partial charge in [-0.1, -0.05) is 11.6 Å². The van der Waals surface area contributed by atoms with Gasteiger partial charge in [-0.25, -0.2) is 23.3 Å². The molecule has 144 valence electrons. The predicted octanol–water partition coefficient (Wildman–Crippen LogP) is 2.22. The van der Waals surface area contributed by atoms with Crippen molar-refractivity contribution in [2.24, 2.45) is 0 Å². The first-order chi connectivity index (χ1) is 13.5. The molecule has 3 aromatic heterocycles. The molecule has 0 saturated heterocycles. The van der Waals surface area contributed by atoms with Crippen LogP contribution in [-0.2, 0) is 0 Å². The maximum absolute atomic E-state index is 13.3. The number of hydrogen-bond acceptors (Lipinski definition) is 6. The second-order valence-corrected chi connectivity index (χ2v) is 6.53. The number of alkyl halides is 2. The van der Waals surface area contributed by atoms with Crippen molar-refractivity contribution in [3.8, 4) is 0 Å². The highest BCUT2D eigenvalue weighted by Crippen LogP contribution is 2.31. The molecule has 0 saturated carbocycles. The van der Waals surface area contributed by atoms with E-state index in [-0.39, 0.29) is 41.2 Å². The van der Waals surface area contributed by atoms with Gasteiger partial charge in [0.2, 0.25) is 0 Å². The van der Waals surface area contributed by atoms with Crippen molar-refractivity contribution in [1.29, 1.82) is 0 Å². The van der Waals surface area contributed by atoms with E-state index in [9.17, 15) is 13.6 Å². The van der Waals surface area contributed by atoms with Crippen LogP contribution in [0.4, 0.5) is 14.5 Å². The van der Waals surface area contributed by atoms with Crippen LogP contribution in [0.25, 0.3) is 5.78 Å². The highest BCUT2D eigenvalue weighted by Gasteiger charge is 2.30. The number of nitrogens with zero attached hydrogens (tertiary/aromatic N) is 6. The molecule has 0 bridgehead atoms. The summed E-state index contributed by atoms with van der Waals surface area (Å²) in [7, 11) is 0. The van der Waals surface area contributed by atoms with Crippen molar-refractivity contribution in [2.45, 2.75) is 19.3 Å². The van der Waals surface area contributed by atoms with Crippen LogP contribution in [0.15, 0.2) is 42.4 Å². The van der Waals surface area contributed by atoms with Gasteiger partial charge in [0.1, 0.15) is 12.0 Å². The number of amides is 1. The molecule has 1 amide bonds. The van der Waals surface area contributed by atoms with Crippen molar-refractivity contribution >= 4 is 17.4 Å². The van der Waals surface area contributed by atoms with E-state index < -0.39 is 6.43 Å². The van der Waals surface area contributed by atoms with Crippen LogP contribution in [0.5, 0.6) is 0 Å². The number of nitrogen functional groups attached to an aromatic ring is 1. The topological polar surface area (TPSA) is 102 Å². The Morgan fingerprint density at radius 3 is 2.93 bits per heavy atom. The van der Waals surface area contributed by atoms with E-state index in [2.05, 4.69) is 20.1 Å².